The van der Waals surface area contributed by atoms with Crippen LogP contribution in [0.25, 0.3) is 10.9 Å². The van der Waals surface area contributed by atoms with Crippen LogP contribution in [-0.2, 0) is 0 Å². The molecule has 0 atom stereocenters. The van der Waals surface area contributed by atoms with Gasteiger partial charge in [-0.25, -0.2) is 0 Å². The third kappa shape index (κ3) is 5.02. The summed E-state index contributed by atoms with van der Waals surface area (Å²) in [4.78, 5) is 14.9. The highest BCUT2D eigenvalue weighted by Crippen LogP contribution is 2.34. The molecule has 1 aromatic heterocycles. The van der Waals surface area contributed by atoms with Crippen LogP contribution in [0.2, 0.25) is 0 Å². The predicted octanol–water partition coefficient (Wildman–Crippen LogP) is 6.29. The molecular weight excluding hydrogens is 406 g/mol. The third-order valence-electron chi connectivity index (χ3n) is 4.90. The van der Waals surface area contributed by atoms with Gasteiger partial charge in [0.15, 0.2) is 0 Å². The van der Waals surface area contributed by atoms with E-state index in [1.807, 2.05) is 24.3 Å². The zero-order chi connectivity index (χ0) is 22.9. The molecule has 0 amide bonds. The van der Waals surface area contributed by atoms with Gasteiger partial charge in [-0.15, -0.1) is 10.2 Å². The first-order valence-corrected chi connectivity index (χ1v) is 10.2. The van der Waals surface area contributed by atoms with E-state index in [9.17, 15) is 20.6 Å². The molecule has 32 heavy (non-hydrogen) atoms. The van der Waals surface area contributed by atoms with Gasteiger partial charge in [0.2, 0.25) is 0 Å². The Morgan fingerprint density at radius 3 is 2.50 bits per heavy atom. The molecule has 3 aromatic rings. The Balaban J connectivity index is 1.95. The fraction of sp³-hybridized carbons (Fsp3) is 0.261. The lowest BCUT2D eigenvalue weighted by Gasteiger charge is -2.10. The first kappa shape index (κ1) is 22.3. The van der Waals surface area contributed by atoms with Crippen molar-refractivity contribution in [2.24, 2.45) is 10.2 Å². The number of nitro benzene ring substituents is 1. The largest absolute Gasteiger partial charge is 0.383 e. The molecular formula is C23H21N7O2. The van der Waals surface area contributed by atoms with Crippen LogP contribution in [0.1, 0.15) is 43.7 Å². The van der Waals surface area contributed by atoms with Crippen LogP contribution >= 0.6 is 0 Å². The lowest BCUT2D eigenvalue weighted by Crippen LogP contribution is -2.02. The number of non-ortho nitro benzene ring substituents is 1. The first-order valence-electron chi connectivity index (χ1n) is 10.2. The van der Waals surface area contributed by atoms with Crippen molar-refractivity contribution in [2.45, 2.75) is 32.6 Å². The van der Waals surface area contributed by atoms with Crippen molar-refractivity contribution in [3.63, 3.8) is 0 Å². The van der Waals surface area contributed by atoms with Crippen molar-refractivity contribution in [1.29, 1.82) is 10.5 Å². The second kappa shape index (κ2) is 10.6. The van der Waals surface area contributed by atoms with Crippen LogP contribution in [0.4, 0.5) is 22.7 Å². The van der Waals surface area contributed by atoms with Crippen LogP contribution in [0.15, 0.2) is 52.8 Å². The molecule has 0 aliphatic heterocycles. The number of nitro groups is 1. The normalized spacial score (nSPS) is 10.7. The Morgan fingerprint density at radius 1 is 1.09 bits per heavy atom. The summed E-state index contributed by atoms with van der Waals surface area (Å²) in [6, 6.07) is 13.2. The molecule has 0 aliphatic rings. The van der Waals surface area contributed by atoms with Gasteiger partial charge in [-0.05, 0) is 30.7 Å². The molecule has 160 valence electrons. The summed E-state index contributed by atoms with van der Waals surface area (Å²) in [5, 5.41) is 42.3. The smallest absolute Gasteiger partial charge is 0.272 e. The number of nitrogens with zero attached hydrogens (tertiary/aromatic N) is 6. The number of hydrogen-bond donors (Lipinski definition) is 1. The predicted molar refractivity (Wildman–Crippen MR) is 121 cm³/mol. The number of azo groups is 1. The zero-order valence-corrected chi connectivity index (χ0v) is 17.6. The summed E-state index contributed by atoms with van der Waals surface area (Å²) in [6.45, 7) is 3.01. The van der Waals surface area contributed by atoms with Crippen molar-refractivity contribution in [1.82, 2.24) is 4.98 Å². The Labute approximate surface area is 185 Å². The molecule has 0 radical (unpaired) electrons. The number of rotatable bonds is 9. The van der Waals surface area contributed by atoms with Gasteiger partial charge in [0.05, 0.1) is 32.9 Å². The van der Waals surface area contributed by atoms with Crippen molar-refractivity contribution in [2.75, 3.05) is 11.9 Å². The van der Waals surface area contributed by atoms with E-state index in [-0.39, 0.29) is 22.5 Å². The minimum atomic E-state index is -0.657. The minimum absolute atomic E-state index is 0.00392. The van der Waals surface area contributed by atoms with Crippen LogP contribution in [0, 0.1) is 32.8 Å². The van der Waals surface area contributed by atoms with E-state index >= 15 is 0 Å². The average Bonchev–Trinajstić information content (AvgIpc) is 2.82. The van der Waals surface area contributed by atoms with Crippen molar-refractivity contribution in [3.8, 4) is 12.1 Å². The van der Waals surface area contributed by atoms with Gasteiger partial charge < -0.3 is 5.32 Å². The summed E-state index contributed by atoms with van der Waals surface area (Å²) < 4.78 is 0. The maximum atomic E-state index is 11.1. The lowest BCUT2D eigenvalue weighted by molar-refractivity contribution is -0.384. The molecule has 0 saturated heterocycles. The van der Waals surface area contributed by atoms with Gasteiger partial charge >= 0.3 is 0 Å². The van der Waals surface area contributed by atoms with Crippen LogP contribution < -0.4 is 5.32 Å². The maximum absolute atomic E-state index is 11.1. The highest BCUT2D eigenvalue weighted by molar-refractivity contribution is 5.98. The molecule has 9 heteroatoms. The number of fused-ring (bicyclic) bond motifs is 1. The number of hydrogen-bond acceptors (Lipinski definition) is 8. The van der Waals surface area contributed by atoms with E-state index in [1.165, 1.54) is 19.3 Å². The Bertz CT molecular complexity index is 1220. The molecule has 3 rings (SSSR count). The highest BCUT2D eigenvalue weighted by Gasteiger charge is 2.17. The molecule has 0 bridgehead atoms. The molecule has 1 heterocycles. The monoisotopic (exact) mass is 427 g/mol. The summed E-state index contributed by atoms with van der Waals surface area (Å²) in [5.41, 5.74) is 1.61. The average molecular weight is 427 g/mol. The summed E-state index contributed by atoms with van der Waals surface area (Å²) in [5.74, 6) is 0. The minimum Gasteiger partial charge on any atom is -0.383 e. The number of nitrogens with one attached hydrogen (secondary N) is 1. The van der Waals surface area contributed by atoms with Crippen LogP contribution in [-0.4, -0.2) is 16.5 Å². The quantitative estimate of drug-likeness (QED) is 0.184. The number of pyridine rings is 1. The number of aromatic nitrogens is 1. The first-order chi connectivity index (χ1) is 15.6. The van der Waals surface area contributed by atoms with Gasteiger partial charge in [0.25, 0.3) is 5.69 Å². The molecule has 2 aromatic carbocycles. The van der Waals surface area contributed by atoms with Gasteiger partial charge in [0, 0.05) is 30.3 Å². The van der Waals surface area contributed by atoms with Gasteiger partial charge in [0.1, 0.15) is 17.8 Å². The molecule has 1 N–H and O–H groups in total. The van der Waals surface area contributed by atoms with E-state index in [2.05, 4.69) is 27.5 Å². The standard InChI is InChI=1S/C23H21N7O2/c1-2-3-4-5-10-26-21-9-8-20(19-7-6-11-27-23(19)21)28-29-22-16(14-24)12-18(30(31)32)13-17(22)15-25/h6-9,11-13,26H,2-5,10H2,1H3. The van der Waals surface area contributed by atoms with Crippen molar-refractivity contribution in [3.05, 3.63) is 63.8 Å². The summed E-state index contributed by atoms with van der Waals surface area (Å²) >= 11 is 0. The Kier molecular flexibility index (Phi) is 7.39. The fourth-order valence-electron chi connectivity index (χ4n) is 3.27. The molecule has 9 nitrogen and oxygen atoms in total. The molecule has 0 saturated carbocycles. The SMILES string of the molecule is CCCCCCNc1ccc(N=Nc2c(C#N)cc([N+](=O)[O-])cc2C#N)c2cccnc12. The molecule has 0 fully saturated rings. The van der Waals surface area contributed by atoms with Crippen LogP contribution in [0.3, 0.4) is 0 Å². The fourth-order valence-corrected chi connectivity index (χ4v) is 3.27. The topological polar surface area (TPSA) is 140 Å². The van der Waals surface area contributed by atoms with Crippen molar-refractivity contribution >= 4 is 33.7 Å². The van der Waals surface area contributed by atoms with E-state index in [4.69, 9.17) is 0 Å². The highest BCUT2D eigenvalue weighted by atomic mass is 16.6. The van der Waals surface area contributed by atoms with Crippen molar-refractivity contribution < 1.29 is 4.92 Å². The number of nitriles is 2. The van der Waals surface area contributed by atoms with Gasteiger partial charge in [-0.2, -0.15) is 10.5 Å². The second-order valence-electron chi connectivity index (χ2n) is 7.09. The van der Waals surface area contributed by atoms with Crippen LogP contribution in [0.5, 0.6) is 0 Å². The number of benzene rings is 2. The lowest BCUT2D eigenvalue weighted by atomic mass is 10.1. The van der Waals surface area contributed by atoms with Gasteiger partial charge in [-0.3, -0.25) is 15.1 Å². The molecule has 0 unspecified atom stereocenters. The van der Waals surface area contributed by atoms with E-state index < -0.39 is 4.92 Å². The summed E-state index contributed by atoms with van der Waals surface area (Å²) in [7, 11) is 0. The second-order valence-corrected chi connectivity index (χ2v) is 7.09. The maximum Gasteiger partial charge on any atom is 0.272 e. The number of anilines is 1. The zero-order valence-electron chi connectivity index (χ0n) is 17.6. The Morgan fingerprint density at radius 2 is 1.84 bits per heavy atom. The van der Waals surface area contributed by atoms with Gasteiger partial charge in [-0.1, -0.05) is 26.2 Å². The number of unbranched alkanes of at least 4 members (excludes halogenated alkanes) is 3. The molecule has 0 spiro atoms. The third-order valence-corrected chi connectivity index (χ3v) is 4.90. The summed E-state index contributed by atoms with van der Waals surface area (Å²) in [6.07, 6.45) is 6.32. The molecule has 0 aliphatic carbocycles. The Hall–Kier alpha value is -4.37. The van der Waals surface area contributed by atoms with E-state index in [1.54, 1.807) is 18.3 Å². The van der Waals surface area contributed by atoms with E-state index in [0.29, 0.717) is 5.69 Å². The van der Waals surface area contributed by atoms with E-state index in [0.717, 1.165) is 41.7 Å².